The number of nitrogens with one attached hydrogen (secondary N) is 2. The SMILES string of the molecule is C[C@H](CC(=O)[C@H](Cc1ccccc1)NC(=O)O[Si](C1CCCCC1)(C(C)(C)C)C(C)(C)C)C(=O)N[C@@H](COC(C)(C)C)C(=O)C[C@@H](Cc1ccccc1)C(=O)OCc1ccccc1. The van der Waals surface area contributed by atoms with Gasteiger partial charge >= 0.3 is 12.1 Å². The van der Waals surface area contributed by atoms with Crippen LogP contribution in [0.2, 0.25) is 15.6 Å². The topological polar surface area (TPSA) is 137 Å². The largest absolute Gasteiger partial charge is 0.502 e. The van der Waals surface area contributed by atoms with E-state index in [2.05, 4.69) is 52.2 Å². The zero-order valence-electron chi connectivity index (χ0n) is 39.6. The summed E-state index contributed by atoms with van der Waals surface area (Å²) in [6.07, 6.45) is 4.91. The van der Waals surface area contributed by atoms with Crippen LogP contribution in [0.1, 0.15) is 131 Å². The third-order valence-corrected chi connectivity index (χ3v) is 19.0. The molecule has 0 aromatic heterocycles. The van der Waals surface area contributed by atoms with Gasteiger partial charge in [-0.1, -0.05) is 159 Å². The summed E-state index contributed by atoms with van der Waals surface area (Å²) in [4.78, 5) is 70.4. The summed E-state index contributed by atoms with van der Waals surface area (Å²) in [5.74, 6) is -3.44. The van der Waals surface area contributed by atoms with Crippen molar-refractivity contribution in [3.63, 3.8) is 0 Å². The van der Waals surface area contributed by atoms with Crippen LogP contribution in [-0.4, -0.2) is 62.1 Å². The minimum atomic E-state index is -2.88. The number of Topliss-reactive ketones (excluding diaryl/α,β-unsaturated/α-hetero) is 2. The van der Waals surface area contributed by atoms with Gasteiger partial charge in [-0.25, -0.2) is 4.79 Å². The summed E-state index contributed by atoms with van der Waals surface area (Å²) >= 11 is 0. The number of ether oxygens (including phenoxy) is 2. The maximum Gasteiger partial charge on any atom is 0.394 e. The first-order valence-corrected chi connectivity index (χ1v) is 24.9. The molecule has 0 aliphatic heterocycles. The second kappa shape index (κ2) is 22.8. The van der Waals surface area contributed by atoms with Crippen molar-refractivity contribution < 1.29 is 37.9 Å². The van der Waals surface area contributed by atoms with Gasteiger partial charge in [0.2, 0.25) is 5.91 Å². The Hall–Kier alpha value is -4.61. The molecule has 0 radical (unpaired) electrons. The number of hydrogen-bond donors (Lipinski definition) is 2. The number of hydrogen-bond acceptors (Lipinski definition) is 8. The third kappa shape index (κ3) is 15.3. The molecule has 3 aromatic rings. The number of amides is 2. The Morgan fingerprint density at radius 2 is 1.13 bits per heavy atom. The van der Waals surface area contributed by atoms with E-state index in [-0.39, 0.29) is 60.3 Å². The molecule has 1 aliphatic rings. The average Bonchev–Trinajstić information content (AvgIpc) is 3.23. The molecule has 2 amide bonds. The van der Waals surface area contributed by atoms with Gasteiger partial charge in [0.05, 0.1) is 24.2 Å². The number of ketones is 2. The van der Waals surface area contributed by atoms with Gasteiger partial charge in [-0.15, -0.1) is 0 Å². The van der Waals surface area contributed by atoms with Gasteiger partial charge < -0.3 is 24.5 Å². The predicted molar refractivity (Wildman–Crippen MR) is 251 cm³/mol. The monoisotopic (exact) mass is 883 g/mol. The number of carbonyl (C=O) groups excluding carboxylic acids is 5. The smallest absolute Gasteiger partial charge is 0.394 e. The van der Waals surface area contributed by atoms with Crippen molar-refractivity contribution in [1.29, 1.82) is 0 Å². The van der Waals surface area contributed by atoms with Crippen molar-refractivity contribution in [3.8, 4) is 0 Å². The Labute approximate surface area is 378 Å². The van der Waals surface area contributed by atoms with Gasteiger partial charge in [0.25, 0.3) is 8.32 Å². The van der Waals surface area contributed by atoms with Crippen molar-refractivity contribution in [2.45, 2.75) is 167 Å². The molecule has 344 valence electrons. The van der Waals surface area contributed by atoms with E-state index in [1.165, 1.54) is 6.42 Å². The zero-order valence-corrected chi connectivity index (χ0v) is 40.6. The lowest BCUT2D eigenvalue weighted by Gasteiger charge is -2.54. The molecule has 0 saturated heterocycles. The van der Waals surface area contributed by atoms with E-state index in [0.29, 0.717) is 0 Å². The molecule has 4 rings (SSSR count). The lowest BCUT2D eigenvalue weighted by Crippen LogP contribution is -2.61. The predicted octanol–water partition coefficient (Wildman–Crippen LogP) is 10.7. The molecule has 63 heavy (non-hydrogen) atoms. The third-order valence-electron chi connectivity index (χ3n) is 12.3. The van der Waals surface area contributed by atoms with E-state index >= 15 is 0 Å². The van der Waals surface area contributed by atoms with Gasteiger partial charge in [0.1, 0.15) is 12.6 Å². The lowest BCUT2D eigenvalue weighted by molar-refractivity contribution is -0.152. The molecule has 1 saturated carbocycles. The molecular formula is C52H74N2O8Si. The standard InChI is InChI=1S/C52H74N2O8Si/c1-37(31-45(55)43(33-39-25-17-12-18-26-39)54-49(59)62-63(51(5,6)7,52(8,9)10)42-29-21-14-22-30-42)47(57)53-44(36-61-50(2,3)4)46(56)34-41(32-38-23-15-11-16-24-38)48(58)60-35-40-27-19-13-20-28-40/h11-13,15-20,23-28,37,41-44H,14,21-22,29-36H2,1-10H3,(H,53,57)(H,54,59)/t37-,41-,43+,44+/m1/s1. The molecule has 11 heteroatoms. The summed E-state index contributed by atoms with van der Waals surface area (Å²) in [5.41, 5.74) is 2.20. The molecule has 10 nitrogen and oxygen atoms in total. The highest BCUT2D eigenvalue weighted by atomic mass is 28.4. The van der Waals surface area contributed by atoms with Crippen LogP contribution in [0.25, 0.3) is 0 Å². The van der Waals surface area contributed by atoms with Crippen LogP contribution < -0.4 is 10.6 Å². The van der Waals surface area contributed by atoms with Gasteiger partial charge in [-0.3, -0.25) is 19.2 Å². The molecule has 0 bridgehead atoms. The molecule has 0 unspecified atom stereocenters. The van der Waals surface area contributed by atoms with Crippen LogP contribution in [0.15, 0.2) is 91.0 Å². The highest BCUT2D eigenvalue weighted by Gasteiger charge is 2.62. The van der Waals surface area contributed by atoms with E-state index < -0.39 is 61.6 Å². The second-order valence-corrected chi connectivity index (χ2v) is 26.0. The first-order chi connectivity index (χ1) is 29.6. The van der Waals surface area contributed by atoms with Crippen molar-refractivity contribution in [1.82, 2.24) is 10.6 Å². The van der Waals surface area contributed by atoms with Gasteiger partial charge in [0, 0.05) is 18.8 Å². The Morgan fingerprint density at radius 1 is 0.635 bits per heavy atom. The molecule has 1 fully saturated rings. The Morgan fingerprint density at radius 3 is 1.63 bits per heavy atom. The first-order valence-electron chi connectivity index (χ1n) is 22.9. The van der Waals surface area contributed by atoms with Gasteiger partial charge in [0.15, 0.2) is 11.6 Å². The molecule has 2 N–H and O–H groups in total. The molecule has 3 aromatic carbocycles. The zero-order chi connectivity index (χ0) is 46.4. The summed E-state index contributed by atoms with van der Waals surface area (Å²) in [6, 6.07) is 26.2. The fourth-order valence-electron chi connectivity index (χ4n) is 9.43. The lowest BCUT2D eigenvalue weighted by atomic mass is 9.91. The van der Waals surface area contributed by atoms with E-state index in [4.69, 9.17) is 13.9 Å². The first kappa shape index (κ1) is 51.0. The van der Waals surface area contributed by atoms with Crippen LogP contribution in [-0.2, 0) is 52.5 Å². The number of benzene rings is 3. The summed E-state index contributed by atoms with van der Waals surface area (Å²) in [7, 11) is -2.88. The summed E-state index contributed by atoms with van der Waals surface area (Å²) in [6.45, 7) is 20.2. The molecule has 0 spiro atoms. The number of esters is 1. The van der Waals surface area contributed by atoms with Gasteiger partial charge in [-0.05, 0) is 78.8 Å². The Balaban J connectivity index is 1.53. The van der Waals surface area contributed by atoms with Crippen molar-refractivity contribution in [2.75, 3.05) is 6.61 Å². The summed E-state index contributed by atoms with van der Waals surface area (Å²) < 4.78 is 18.6. The van der Waals surface area contributed by atoms with Crippen LogP contribution >= 0.6 is 0 Å². The minimum absolute atomic E-state index is 0.0619. The Bertz CT molecular complexity index is 1920. The molecular weight excluding hydrogens is 809 g/mol. The van der Waals surface area contributed by atoms with E-state index in [0.717, 1.165) is 42.4 Å². The van der Waals surface area contributed by atoms with Crippen LogP contribution in [0.3, 0.4) is 0 Å². The quantitative estimate of drug-likeness (QED) is 0.0845. The highest BCUT2D eigenvalue weighted by Crippen LogP contribution is 2.60. The van der Waals surface area contributed by atoms with E-state index in [1.807, 2.05) is 112 Å². The fraction of sp³-hybridized carbons (Fsp3) is 0.558. The van der Waals surface area contributed by atoms with E-state index in [9.17, 15) is 24.0 Å². The van der Waals surface area contributed by atoms with Crippen molar-refractivity contribution >= 4 is 37.9 Å². The van der Waals surface area contributed by atoms with E-state index in [1.54, 1.807) is 6.92 Å². The number of rotatable bonds is 20. The summed E-state index contributed by atoms with van der Waals surface area (Å²) in [5, 5.41) is 5.31. The fourth-order valence-corrected chi connectivity index (χ4v) is 16.5. The highest BCUT2D eigenvalue weighted by molar-refractivity contribution is 6.82. The van der Waals surface area contributed by atoms with Crippen molar-refractivity contribution in [2.24, 2.45) is 11.8 Å². The maximum absolute atomic E-state index is 14.3. The normalized spacial score (nSPS) is 15.9. The second-order valence-electron chi connectivity index (χ2n) is 20.6. The van der Waals surface area contributed by atoms with Crippen LogP contribution in [0.5, 0.6) is 0 Å². The Kier molecular flexibility index (Phi) is 18.5. The maximum atomic E-state index is 14.3. The van der Waals surface area contributed by atoms with Crippen LogP contribution in [0.4, 0.5) is 4.79 Å². The number of carbonyl (C=O) groups is 5. The molecule has 0 heterocycles. The minimum Gasteiger partial charge on any atom is -0.502 e. The van der Waals surface area contributed by atoms with Crippen molar-refractivity contribution in [3.05, 3.63) is 108 Å². The van der Waals surface area contributed by atoms with Crippen LogP contribution in [0, 0.1) is 11.8 Å². The molecule has 4 atom stereocenters. The molecule has 1 aliphatic carbocycles. The average molecular weight is 883 g/mol. The van der Waals surface area contributed by atoms with Gasteiger partial charge in [-0.2, -0.15) is 0 Å².